The average molecular weight is 579 g/mol. The van der Waals surface area contributed by atoms with E-state index in [0.29, 0.717) is 5.84 Å². The van der Waals surface area contributed by atoms with Crippen molar-refractivity contribution in [2.45, 2.75) is 32.2 Å². The number of piperazine rings is 1. The van der Waals surface area contributed by atoms with Gasteiger partial charge in [-0.3, -0.25) is 14.7 Å². The van der Waals surface area contributed by atoms with E-state index in [1.807, 2.05) is 67.3 Å². The molecule has 3 atom stereocenters. The van der Waals surface area contributed by atoms with Gasteiger partial charge in [0, 0.05) is 47.7 Å². The molecule has 3 aromatic rings. The van der Waals surface area contributed by atoms with E-state index in [0.717, 1.165) is 59.6 Å². The molecule has 0 bridgehead atoms. The summed E-state index contributed by atoms with van der Waals surface area (Å²) in [5.74, 6) is 0.980. The molecule has 0 spiro atoms. The van der Waals surface area contributed by atoms with Gasteiger partial charge in [-0.15, -0.1) is 0 Å². The number of anilines is 3. The first-order chi connectivity index (χ1) is 18.4. The van der Waals surface area contributed by atoms with E-state index in [9.17, 15) is 15.0 Å². The Bertz CT molecular complexity index is 1280. The number of aliphatic hydroxyl groups excluding tert-OH is 1. The van der Waals surface area contributed by atoms with Crippen LogP contribution in [0.15, 0.2) is 82.4 Å². The first-order valence-corrected chi connectivity index (χ1v) is 13.6. The van der Waals surface area contributed by atoms with Crippen LogP contribution in [0.5, 0.6) is 5.75 Å². The molecule has 2 aliphatic rings. The highest BCUT2D eigenvalue weighted by Crippen LogP contribution is 2.32. The van der Waals surface area contributed by atoms with Gasteiger partial charge in [0.05, 0.1) is 6.04 Å². The number of carbonyl (C=O) groups is 1. The first-order valence-electron chi connectivity index (χ1n) is 12.8. The maximum atomic E-state index is 12.3. The molecule has 0 aromatic heterocycles. The van der Waals surface area contributed by atoms with Gasteiger partial charge in [0.1, 0.15) is 17.7 Å². The molecule has 0 aliphatic carbocycles. The van der Waals surface area contributed by atoms with Gasteiger partial charge in [-0.05, 0) is 80.1 Å². The van der Waals surface area contributed by atoms with E-state index in [1.165, 1.54) is 0 Å². The Balaban J connectivity index is 1.25. The molecule has 0 radical (unpaired) electrons. The second-order valence-electron chi connectivity index (χ2n) is 9.69. The average Bonchev–Trinajstić information content (AvgIpc) is 3.29. The number of phenols is 1. The van der Waals surface area contributed by atoms with Crippen molar-refractivity contribution in [3.63, 3.8) is 0 Å². The first kappa shape index (κ1) is 26.1. The van der Waals surface area contributed by atoms with Crippen molar-refractivity contribution in [1.82, 2.24) is 5.01 Å². The molecular formula is C29H32BrN5O3. The van der Waals surface area contributed by atoms with Crippen molar-refractivity contribution in [2.75, 3.05) is 40.9 Å². The molecule has 1 fully saturated rings. The number of hydrazone groups is 1. The van der Waals surface area contributed by atoms with Gasteiger partial charge in [-0.2, -0.15) is 5.10 Å². The Morgan fingerprint density at radius 2 is 1.37 bits per heavy atom. The van der Waals surface area contributed by atoms with E-state index in [1.54, 1.807) is 17.1 Å². The fraction of sp³-hybridized carbons (Fsp3) is 0.310. The van der Waals surface area contributed by atoms with Gasteiger partial charge in [0.25, 0.3) is 0 Å². The Labute approximate surface area is 231 Å². The van der Waals surface area contributed by atoms with E-state index in [2.05, 4.69) is 43.0 Å². The van der Waals surface area contributed by atoms with Crippen LogP contribution in [0, 0.1) is 0 Å². The monoisotopic (exact) mass is 577 g/mol. The minimum absolute atomic E-state index is 0.279. The van der Waals surface area contributed by atoms with Gasteiger partial charge < -0.3 is 20.0 Å². The molecule has 0 amide bonds. The highest BCUT2D eigenvalue weighted by atomic mass is 79.9. The molecule has 3 aromatic carbocycles. The molecular weight excluding hydrogens is 546 g/mol. The zero-order chi connectivity index (χ0) is 26.8. The highest BCUT2D eigenvalue weighted by Gasteiger charge is 2.38. The number of phenolic OH excluding ortho intramolecular Hbond substituents is 1. The molecule has 2 aliphatic heterocycles. The quantitative estimate of drug-likeness (QED) is 0.397. The molecule has 9 heteroatoms. The molecule has 5 rings (SSSR count). The van der Waals surface area contributed by atoms with Crippen LogP contribution in [0.4, 0.5) is 17.1 Å². The molecule has 8 nitrogen and oxygen atoms in total. The Kier molecular flexibility index (Phi) is 7.58. The number of halogens is 1. The number of aliphatic hydroxyl groups is 1. The number of aromatic hydroxyl groups is 1. The number of benzene rings is 3. The molecule has 1 saturated heterocycles. The van der Waals surface area contributed by atoms with Crippen molar-refractivity contribution >= 4 is 45.1 Å². The summed E-state index contributed by atoms with van der Waals surface area (Å²) in [6.45, 7) is 7.33. The lowest BCUT2D eigenvalue weighted by Gasteiger charge is -2.37. The van der Waals surface area contributed by atoms with Crippen molar-refractivity contribution in [1.29, 1.82) is 0 Å². The number of aldehydes is 1. The lowest BCUT2D eigenvalue weighted by Crippen LogP contribution is -2.47. The maximum absolute atomic E-state index is 12.3. The zero-order valence-electron chi connectivity index (χ0n) is 21.5. The summed E-state index contributed by atoms with van der Waals surface area (Å²) >= 11 is 3.43. The third-order valence-electron chi connectivity index (χ3n) is 7.34. The summed E-state index contributed by atoms with van der Waals surface area (Å²) in [6, 6.07) is 22.7. The summed E-state index contributed by atoms with van der Waals surface area (Å²) in [5.41, 5.74) is 3.89. The Morgan fingerprint density at radius 3 is 1.89 bits per heavy atom. The van der Waals surface area contributed by atoms with E-state index in [-0.39, 0.29) is 5.75 Å². The van der Waals surface area contributed by atoms with Crippen LogP contribution in [0.2, 0.25) is 0 Å². The van der Waals surface area contributed by atoms with Gasteiger partial charge >= 0.3 is 0 Å². The van der Waals surface area contributed by atoms with Crippen LogP contribution < -0.4 is 14.7 Å². The summed E-state index contributed by atoms with van der Waals surface area (Å²) in [4.78, 5) is 18.8. The van der Waals surface area contributed by atoms with E-state index >= 15 is 0 Å². The number of carbonyl (C=O) groups excluding carboxylic acids is 1. The minimum Gasteiger partial charge on any atom is -0.508 e. The van der Waals surface area contributed by atoms with Crippen molar-refractivity contribution in [3.05, 3.63) is 82.8 Å². The number of rotatable bonds is 7. The summed E-state index contributed by atoms with van der Waals surface area (Å²) in [5, 5.41) is 26.9. The molecule has 3 unspecified atom stereocenters. The largest absolute Gasteiger partial charge is 0.508 e. The molecule has 198 valence electrons. The predicted molar refractivity (Wildman–Crippen MR) is 155 cm³/mol. The normalized spacial score (nSPS) is 19.4. The lowest BCUT2D eigenvalue weighted by atomic mass is 10.0. The third kappa shape index (κ3) is 5.21. The fourth-order valence-electron chi connectivity index (χ4n) is 5.17. The Hall–Kier alpha value is -3.56. The van der Waals surface area contributed by atoms with Crippen LogP contribution in [0.1, 0.15) is 25.5 Å². The standard InChI is InChI=1S/C29H32BrN5O3/c1-20(29(38)22-3-5-23(30)6-4-22)35-28(19-36)34(21(2)31-35)26-9-7-24(8-10-26)32-15-17-33(18-16-32)25-11-13-27(37)14-12-25/h3-14,19-20,28-29,37-38H,15-18H2,1-2H3. The summed E-state index contributed by atoms with van der Waals surface area (Å²) in [7, 11) is 0. The van der Waals surface area contributed by atoms with Crippen LogP contribution in [0.25, 0.3) is 0 Å². The highest BCUT2D eigenvalue weighted by molar-refractivity contribution is 9.10. The van der Waals surface area contributed by atoms with Gasteiger partial charge in [-0.25, -0.2) is 0 Å². The molecule has 38 heavy (non-hydrogen) atoms. The second kappa shape index (κ2) is 11.0. The van der Waals surface area contributed by atoms with E-state index < -0.39 is 18.3 Å². The summed E-state index contributed by atoms with van der Waals surface area (Å²) in [6.07, 6.45) is -0.569. The predicted octanol–water partition coefficient (Wildman–Crippen LogP) is 4.58. The maximum Gasteiger partial charge on any atom is 0.180 e. The summed E-state index contributed by atoms with van der Waals surface area (Å²) < 4.78 is 0.941. The number of hydrogen-bond donors (Lipinski definition) is 2. The number of nitrogens with zero attached hydrogens (tertiary/aromatic N) is 5. The van der Waals surface area contributed by atoms with Crippen LogP contribution in [-0.4, -0.2) is 65.7 Å². The number of hydrogen-bond acceptors (Lipinski definition) is 8. The minimum atomic E-state index is -0.801. The second-order valence-corrected chi connectivity index (χ2v) is 10.6. The molecule has 0 saturated carbocycles. The molecule has 2 heterocycles. The van der Waals surface area contributed by atoms with Crippen LogP contribution in [0.3, 0.4) is 0 Å². The van der Waals surface area contributed by atoms with Gasteiger partial charge in [0.2, 0.25) is 0 Å². The topological polar surface area (TPSA) is 82.9 Å². The lowest BCUT2D eigenvalue weighted by molar-refractivity contribution is -0.113. The van der Waals surface area contributed by atoms with Crippen molar-refractivity contribution in [2.24, 2.45) is 5.10 Å². The van der Waals surface area contributed by atoms with Crippen molar-refractivity contribution in [3.8, 4) is 5.75 Å². The molecule has 2 N–H and O–H groups in total. The van der Waals surface area contributed by atoms with Crippen LogP contribution in [-0.2, 0) is 4.79 Å². The SMILES string of the molecule is CC1=NN(C(C)C(O)c2ccc(Br)cc2)C(C=O)N1c1ccc(N2CCN(c3ccc(O)cc3)CC2)cc1. The van der Waals surface area contributed by atoms with Gasteiger partial charge in [0.15, 0.2) is 12.5 Å². The third-order valence-corrected chi connectivity index (χ3v) is 7.87. The van der Waals surface area contributed by atoms with Crippen LogP contribution >= 0.6 is 15.9 Å². The smallest absolute Gasteiger partial charge is 0.180 e. The number of amidine groups is 1. The Morgan fingerprint density at radius 1 is 0.868 bits per heavy atom. The fourth-order valence-corrected chi connectivity index (χ4v) is 5.44. The zero-order valence-corrected chi connectivity index (χ0v) is 23.1. The van der Waals surface area contributed by atoms with E-state index in [4.69, 9.17) is 0 Å². The van der Waals surface area contributed by atoms with Crippen molar-refractivity contribution < 1.29 is 15.0 Å². The van der Waals surface area contributed by atoms with Gasteiger partial charge in [-0.1, -0.05) is 28.1 Å².